The highest BCUT2D eigenvalue weighted by atomic mass is 32.1. The van der Waals surface area contributed by atoms with Gasteiger partial charge < -0.3 is 5.32 Å². The molecule has 19 heavy (non-hydrogen) atoms. The lowest BCUT2D eigenvalue weighted by molar-refractivity contribution is 0.585. The average molecular weight is 294 g/mol. The molecular formula is C15H22N2S2. The number of nitrogens with one attached hydrogen (secondary N) is 1. The zero-order valence-electron chi connectivity index (χ0n) is 12.3. The maximum absolute atomic E-state index is 4.51. The van der Waals surface area contributed by atoms with Crippen LogP contribution in [0.15, 0.2) is 12.3 Å². The molecule has 0 spiro atoms. The molecule has 0 amide bonds. The van der Waals surface area contributed by atoms with Gasteiger partial charge in [0.15, 0.2) is 0 Å². The molecule has 4 heteroatoms. The molecule has 104 valence electrons. The molecule has 0 fully saturated rings. The summed E-state index contributed by atoms with van der Waals surface area (Å²) in [6.07, 6.45) is 2.00. The molecule has 0 saturated heterocycles. The van der Waals surface area contributed by atoms with Crippen LogP contribution in [0.3, 0.4) is 0 Å². The molecule has 2 aromatic rings. The quantitative estimate of drug-likeness (QED) is 0.903. The number of aromatic nitrogens is 1. The van der Waals surface area contributed by atoms with E-state index in [2.05, 4.69) is 51.0 Å². The third-order valence-electron chi connectivity index (χ3n) is 3.01. The third kappa shape index (κ3) is 3.88. The summed E-state index contributed by atoms with van der Waals surface area (Å²) in [5.74, 6) is 0. The first-order valence-corrected chi connectivity index (χ1v) is 8.21. The highest BCUT2D eigenvalue weighted by Crippen LogP contribution is 2.26. The van der Waals surface area contributed by atoms with Gasteiger partial charge in [0, 0.05) is 39.3 Å². The number of thiophene rings is 1. The Hall–Kier alpha value is -0.710. The van der Waals surface area contributed by atoms with Crippen LogP contribution < -0.4 is 5.32 Å². The van der Waals surface area contributed by atoms with Gasteiger partial charge >= 0.3 is 0 Å². The van der Waals surface area contributed by atoms with E-state index in [1.807, 2.05) is 28.9 Å². The van der Waals surface area contributed by atoms with E-state index in [0.717, 1.165) is 13.1 Å². The summed E-state index contributed by atoms with van der Waals surface area (Å²) in [6.45, 7) is 12.8. The Kier molecular flexibility index (Phi) is 4.43. The van der Waals surface area contributed by atoms with Gasteiger partial charge in [-0.25, -0.2) is 4.98 Å². The van der Waals surface area contributed by atoms with Crippen LogP contribution in [0.4, 0.5) is 0 Å². The summed E-state index contributed by atoms with van der Waals surface area (Å²) in [5.41, 5.74) is 1.56. The highest BCUT2D eigenvalue weighted by Gasteiger charge is 2.17. The van der Waals surface area contributed by atoms with Crippen molar-refractivity contribution in [3.63, 3.8) is 0 Å². The van der Waals surface area contributed by atoms with Gasteiger partial charge in [0.2, 0.25) is 0 Å². The zero-order valence-corrected chi connectivity index (χ0v) is 14.0. The number of hydrogen-bond donors (Lipinski definition) is 1. The van der Waals surface area contributed by atoms with Crippen LogP contribution in [0.5, 0.6) is 0 Å². The van der Waals surface area contributed by atoms with Crippen LogP contribution in [0.2, 0.25) is 0 Å². The molecule has 0 bridgehead atoms. The van der Waals surface area contributed by atoms with Crippen molar-refractivity contribution < 1.29 is 0 Å². The predicted molar refractivity (Wildman–Crippen MR) is 85.2 cm³/mol. The molecule has 0 atom stereocenters. The molecule has 2 nitrogen and oxygen atoms in total. The average Bonchev–Trinajstić information content (AvgIpc) is 2.87. The first-order valence-electron chi connectivity index (χ1n) is 6.58. The van der Waals surface area contributed by atoms with Crippen LogP contribution in [0.25, 0.3) is 0 Å². The van der Waals surface area contributed by atoms with Gasteiger partial charge in [-0.1, -0.05) is 20.8 Å². The van der Waals surface area contributed by atoms with Crippen LogP contribution in [0.1, 0.15) is 46.0 Å². The van der Waals surface area contributed by atoms with E-state index in [9.17, 15) is 0 Å². The van der Waals surface area contributed by atoms with E-state index in [4.69, 9.17) is 0 Å². The minimum absolute atomic E-state index is 0.158. The highest BCUT2D eigenvalue weighted by molar-refractivity contribution is 7.12. The monoisotopic (exact) mass is 294 g/mol. The van der Waals surface area contributed by atoms with E-state index in [0.29, 0.717) is 0 Å². The lowest BCUT2D eigenvalue weighted by Crippen LogP contribution is -2.11. The second-order valence-corrected chi connectivity index (χ2v) is 8.39. The smallest absolute Gasteiger partial charge is 0.0981 e. The SMILES string of the molecule is Cc1cc(CNCc2cnc(C(C)(C)C)s2)sc1C. The summed E-state index contributed by atoms with van der Waals surface area (Å²) >= 11 is 3.70. The van der Waals surface area contributed by atoms with Crippen molar-refractivity contribution in [1.29, 1.82) is 0 Å². The van der Waals surface area contributed by atoms with Crippen LogP contribution in [-0.2, 0) is 18.5 Å². The van der Waals surface area contributed by atoms with Crippen LogP contribution in [-0.4, -0.2) is 4.98 Å². The number of rotatable bonds is 4. The Morgan fingerprint density at radius 2 is 1.79 bits per heavy atom. The molecule has 0 aliphatic carbocycles. The topological polar surface area (TPSA) is 24.9 Å². The van der Waals surface area contributed by atoms with Gasteiger partial charge in [-0.15, -0.1) is 22.7 Å². The minimum atomic E-state index is 0.158. The van der Waals surface area contributed by atoms with Crippen molar-refractivity contribution in [2.24, 2.45) is 0 Å². The minimum Gasteiger partial charge on any atom is -0.307 e. The fourth-order valence-electron chi connectivity index (χ4n) is 1.78. The van der Waals surface area contributed by atoms with Gasteiger partial charge in [-0.3, -0.25) is 0 Å². The molecule has 0 aliphatic rings. The molecule has 2 aromatic heterocycles. The van der Waals surface area contributed by atoms with E-state index >= 15 is 0 Å². The summed E-state index contributed by atoms with van der Waals surface area (Å²) in [7, 11) is 0. The maximum Gasteiger partial charge on any atom is 0.0981 e. The van der Waals surface area contributed by atoms with Gasteiger partial charge in [0.1, 0.15) is 0 Å². The van der Waals surface area contributed by atoms with Crippen molar-refractivity contribution in [3.8, 4) is 0 Å². The lowest BCUT2D eigenvalue weighted by Gasteiger charge is -2.13. The summed E-state index contributed by atoms with van der Waals surface area (Å²) in [5, 5.41) is 4.72. The van der Waals surface area contributed by atoms with Crippen molar-refractivity contribution in [2.45, 2.75) is 53.1 Å². The molecule has 2 heterocycles. The molecule has 0 aromatic carbocycles. The first kappa shape index (κ1) is 14.7. The van der Waals surface area contributed by atoms with Crippen molar-refractivity contribution >= 4 is 22.7 Å². The fraction of sp³-hybridized carbons (Fsp3) is 0.533. The molecular weight excluding hydrogens is 272 g/mol. The van der Waals surface area contributed by atoms with Crippen molar-refractivity contribution in [3.05, 3.63) is 37.5 Å². The fourth-order valence-corrected chi connectivity index (χ4v) is 3.74. The van der Waals surface area contributed by atoms with Gasteiger partial charge in [-0.05, 0) is 25.5 Å². The summed E-state index contributed by atoms with van der Waals surface area (Å²) < 4.78 is 0. The normalized spacial score (nSPS) is 12.1. The molecule has 0 aliphatic heterocycles. The molecule has 1 N–H and O–H groups in total. The zero-order chi connectivity index (χ0) is 14.0. The number of thiazole rings is 1. The van der Waals surface area contributed by atoms with Crippen LogP contribution in [0, 0.1) is 13.8 Å². The van der Waals surface area contributed by atoms with Crippen molar-refractivity contribution in [2.75, 3.05) is 0 Å². The standard InChI is InChI=1S/C15H22N2S2/c1-10-6-12(18-11(10)2)7-16-8-13-9-17-14(19-13)15(3,4)5/h6,9,16H,7-8H2,1-5H3. The van der Waals surface area contributed by atoms with Gasteiger partial charge in [0.05, 0.1) is 5.01 Å². The largest absolute Gasteiger partial charge is 0.307 e. The maximum atomic E-state index is 4.51. The number of nitrogens with zero attached hydrogens (tertiary/aromatic N) is 1. The second kappa shape index (κ2) is 5.73. The van der Waals surface area contributed by atoms with E-state index < -0.39 is 0 Å². The third-order valence-corrected chi connectivity index (χ3v) is 5.59. The Morgan fingerprint density at radius 3 is 2.32 bits per heavy atom. The molecule has 0 radical (unpaired) electrons. The summed E-state index contributed by atoms with van der Waals surface area (Å²) in [4.78, 5) is 8.66. The Morgan fingerprint density at radius 1 is 1.11 bits per heavy atom. The van der Waals surface area contributed by atoms with E-state index in [1.165, 1.54) is 25.2 Å². The molecule has 0 unspecified atom stereocenters. The van der Waals surface area contributed by atoms with E-state index in [-0.39, 0.29) is 5.41 Å². The number of aryl methyl sites for hydroxylation is 2. The summed E-state index contributed by atoms with van der Waals surface area (Å²) in [6, 6.07) is 2.28. The van der Waals surface area contributed by atoms with Gasteiger partial charge in [0.25, 0.3) is 0 Å². The van der Waals surface area contributed by atoms with Crippen LogP contribution >= 0.6 is 22.7 Å². The lowest BCUT2D eigenvalue weighted by atomic mass is 9.98. The van der Waals surface area contributed by atoms with Gasteiger partial charge in [-0.2, -0.15) is 0 Å². The first-order chi connectivity index (χ1) is 8.86. The Balaban J connectivity index is 1.87. The Labute approximate surface area is 123 Å². The second-order valence-electron chi connectivity index (χ2n) is 5.94. The Bertz CT molecular complexity index is 527. The number of hydrogen-bond acceptors (Lipinski definition) is 4. The predicted octanol–water partition coefficient (Wildman–Crippen LogP) is 4.41. The van der Waals surface area contributed by atoms with Crippen molar-refractivity contribution in [1.82, 2.24) is 10.3 Å². The molecule has 0 saturated carbocycles. The van der Waals surface area contributed by atoms with E-state index in [1.54, 1.807) is 0 Å². The molecule has 2 rings (SSSR count).